The molecule has 2 aromatic rings. The Bertz CT molecular complexity index is 504. The van der Waals surface area contributed by atoms with Crippen LogP contribution in [0.15, 0.2) is 35.7 Å². The second kappa shape index (κ2) is 8.08. The van der Waals surface area contributed by atoms with Crippen LogP contribution in [-0.4, -0.2) is 6.61 Å². The van der Waals surface area contributed by atoms with Crippen LogP contribution in [0.2, 0.25) is 0 Å². The second-order valence-corrected chi connectivity index (χ2v) is 5.98. The van der Waals surface area contributed by atoms with E-state index in [2.05, 4.69) is 54.9 Å². The number of unbranched alkanes of at least 4 members (excludes halogenated alkanes) is 1. The molecule has 0 aliphatic heterocycles. The fraction of sp³-hybridized carbons (Fsp3) is 0.412. The Labute approximate surface area is 125 Å². The van der Waals surface area contributed by atoms with Crippen molar-refractivity contribution in [1.82, 2.24) is 5.32 Å². The van der Waals surface area contributed by atoms with Gasteiger partial charge in [0.1, 0.15) is 5.75 Å². The van der Waals surface area contributed by atoms with Crippen LogP contribution >= 0.6 is 11.3 Å². The van der Waals surface area contributed by atoms with Gasteiger partial charge in [0.2, 0.25) is 0 Å². The van der Waals surface area contributed by atoms with Gasteiger partial charge in [-0.1, -0.05) is 25.5 Å². The first-order chi connectivity index (χ1) is 9.79. The number of hydrogen-bond donors (Lipinski definition) is 1. The fourth-order valence-corrected chi connectivity index (χ4v) is 2.82. The Hall–Kier alpha value is -1.32. The van der Waals surface area contributed by atoms with Crippen LogP contribution in [0, 0.1) is 6.92 Å². The van der Waals surface area contributed by atoms with Crippen molar-refractivity contribution in [1.29, 1.82) is 0 Å². The van der Waals surface area contributed by atoms with Gasteiger partial charge in [-0.3, -0.25) is 0 Å². The van der Waals surface area contributed by atoms with Crippen molar-refractivity contribution in [2.45, 2.75) is 39.8 Å². The summed E-state index contributed by atoms with van der Waals surface area (Å²) < 4.78 is 5.66. The molecule has 1 aromatic carbocycles. The minimum Gasteiger partial charge on any atom is -0.494 e. The molecule has 0 radical (unpaired) electrons. The average Bonchev–Trinajstić information content (AvgIpc) is 2.87. The zero-order chi connectivity index (χ0) is 14.2. The van der Waals surface area contributed by atoms with Gasteiger partial charge < -0.3 is 10.1 Å². The van der Waals surface area contributed by atoms with Crippen LogP contribution in [-0.2, 0) is 13.1 Å². The van der Waals surface area contributed by atoms with Crippen molar-refractivity contribution in [2.75, 3.05) is 6.61 Å². The molecule has 0 unspecified atom stereocenters. The second-order valence-electron chi connectivity index (χ2n) is 4.98. The largest absolute Gasteiger partial charge is 0.494 e. The molecule has 0 bridgehead atoms. The Morgan fingerprint density at radius 2 is 1.90 bits per heavy atom. The summed E-state index contributed by atoms with van der Waals surface area (Å²) in [6.45, 7) is 6.99. The first-order valence-electron chi connectivity index (χ1n) is 7.25. The molecular formula is C17H23NOS. The summed E-state index contributed by atoms with van der Waals surface area (Å²) in [5.41, 5.74) is 2.67. The summed E-state index contributed by atoms with van der Waals surface area (Å²) in [6, 6.07) is 10.6. The molecular weight excluding hydrogens is 266 g/mol. The lowest BCUT2D eigenvalue weighted by Crippen LogP contribution is -2.12. The van der Waals surface area contributed by atoms with Crippen LogP contribution in [0.25, 0.3) is 0 Å². The third kappa shape index (κ3) is 4.66. The number of aryl methyl sites for hydroxylation is 1. The Morgan fingerprint density at radius 3 is 2.55 bits per heavy atom. The normalized spacial score (nSPS) is 10.7. The molecule has 1 aromatic heterocycles. The smallest absolute Gasteiger partial charge is 0.119 e. The Balaban J connectivity index is 1.74. The molecule has 2 rings (SSSR count). The molecule has 1 N–H and O–H groups in total. The topological polar surface area (TPSA) is 21.3 Å². The highest BCUT2D eigenvalue weighted by molar-refractivity contribution is 7.10. The van der Waals surface area contributed by atoms with Crippen LogP contribution in [0.3, 0.4) is 0 Å². The number of benzene rings is 1. The Kier molecular flexibility index (Phi) is 6.09. The summed E-state index contributed by atoms with van der Waals surface area (Å²) in [7, 11) is 0. The lowest BCUT2D eigenvalue weighted by molar-refractivity contribution is 0.309. The van der Waals surface area contributed by atoms with E-state index in [4.69, 9.17) is 4.74 Å². The highest BCUT2D eigenvalue weighted by atomic mass is 32.1. The summed E-state index contributed by atoms with van der Waals surface area (Å²) >= 11 is 1.82. The molecule has 1 heterocycles. The van der Waals surface area contributed by atoms with Gasteiger partial charge in [-0.15, -0.1) is 11.3 Å². The van der Waals surface area contributed by atoms with Crippen LogP contribution in [0.4, 0.5) is 0 Å². The molecule has 0 aliphatic rings. The number of hydrogen-bond acceptors (Lipinski definition) is 3. The average molecular weight is 289 g/mol. The molecule has 0 amide bonds. The zero-order valence-corrected chi connectivity index (χ0v) is 13.1. The molecule has 0 fully saturated rings. The maximum absolute atomic E-state index is 5.66. The maximum Gasteiger partial charge on any atom is 0.119 e. The van der Waals surface area contributed by atoms with E-state index in [-0.39, 0.29) is 0 Å². The molecule has 0 saturated heterocycles. The third-order valence-electron chi connectivity index (χ3n) is 3.27. The van der Waals surface area contributed by atoms with E-state index in [0.29, 0.717) is 0 Å². The van der Waals surface area contributed by atoms with Crippen molar-refractivity contribution < 1.29 is 4.74 Å². The van der Waals surface area contributed by atoms with Gasteiger partial charge in [0.15, 0.2) is 0 Å². The van der Waals surface area contributed by atoms with Gasteiger partial charge in [0.25, 0.3) is 0 Å². The molecule has 0 aliphatic carbocycles. The van der Waals surface area contributed by atoms with Gasteiger partial charge in [0, 0.05) is 18.0 Å². The van der Waals surface area contributed by atoms with E-state index in [0.717, 1.165) is 31.9 Å². The number of nitrogens with one attached hydrogen (secondary N) is 1. The predicted octanol–water partition coefficient (Wildman–Crippen LogP) is 4.53. The van der Waals surface area contributed by atoms with Crippen LogP contribution < -0.4 is 10.1 Å². The lowest BCUT2D eigenvalue weighted by Gasteiger charge is -2.07. The number of ether oxygens (including phenoxy) is 1. The summed E-state index contributed by atoms with van der Waals surface area (Å²) in [5, 5.41) is 5.63. The van der Waals surface area contributed by atoms with Crippen molar-refractivity contribution >= 4 is 11.3 Å². The van der Waals surface area contributed by atoms with E-state index in [9.17, 15) is 0 Å². The number of rotatable bonds is 8. The van der Waals surface area contributed by atoms with Crippen LogP contribution in [0.1, 0.15) is 35.8 Å². The molecule has 0 saturated carbocycles. The zero-order valence-electron chi connectivity index (χ0n) is 12.3. The van der Waals surface area contributed by atoms with Gasteiger partial charge >= 0.3 is 0 Å². The molecule has 108 valence electrons. The quantitative estimate of drug-likeness (QED) is 0.721. The molecule has 3 heteroatoms. The van der Waals surface area contributed by atoms with Crippen molar-refractivity contribution in [2.24, 2.45) is 0 Å². The van der Waals surface area contributed by atoms with E-state index in [1.165, 1.54) is 22.4 Å². The van der Waals surface area contributed by atoms with Gasteiger partial charge in [-0.2, -0.15) is 0 Å². The fourth-order valence-electron chi connectivity index (χ4n) is 1.94. The summed E-state index contributed by atoms with van der Waals surface area (Å²) in [4.78, 5) is 1.42. The molecule has 0 atom stereocenters. The first kappa shape index (κ1) is 15.1. The lowest BCUT2D eigenvalue weighted by atomic mass is 10.2. The van der Waals surface area contributed by atoms with Crippen molar-refractivity contribution in [3.05, 3.63) is 51.7 Å². The Morgan fingerprint density at radius 1 is 1.10 bits per heavy atom. The third-order valence-corrected chi connectivity index (χ3v) is 4.30. The van der Waals surface area contributed by atoms with E-state index >= 15 is 0 Å². The monoisotopic (exact) mass is 289 g/mol. The SMILES string of the molecule is CCCCOc1ccc(CNCc2sccc2C)cc1. The highest BCUT2D eigenvalue weighted by Crippen LogP contribution is 2.16. The van der Waals surface area contributed by atoms with Crippen molar-refractivity contribution in [3.63, 3.8) is 0 Å². The van der Waals surface area contributed by atoms with Crippen LogP contribution in [0.5, 0.6) is 5.75 Å². The standard InChI is InChI=1S/C17H23NOS/c1-3-4-10-19-16-7-5-15(6-8-16)12-18-13-17-14(2)9-11-20-17/h5-9,11,18H,3-4,10,12-13H2,1-2H3. The predicted molar refractivity (Wildman–Crippen MR) is 86.4 cm³/mol. The molecule has 0 spiro atoms. The van der Waals surface area contributed by atoms with E-state index in [1.807, 2.05) is 11.3 Å². The highest BCUT2D eigenvalue weighted by Gasteiger charge is 2.00. The maximum atomic E-state index is 5.66. The minimum absolute atomic E-state index is 0.811. The minimum atomic E-state index is 0.811. The summed E-state index contributed by atoms with van der Waals surface area (Å²) in [6.07, 6.45) is 2.29. The van der Waals surface area contributed by atoms with Gasteiger partial charge in [-0.25, -0.2) is 0 Å². The number of thiophene rings is 1. The van der Waals surface area contributed by atoms with Gasteiger partial charge in [0.05, 0.1) is 6.61 Å². The van der Waals surface area contributed by atoms with E-state index < -0.39 is 0 Å². The molecule has 2 nitrogen and oxygen atoms in total. The first-order valence-corrected chi connectivity index (χ1v) is 8.13. The van der Waals surface area contributed by atoms with Gasteiger partial charge in [-0.05, 0) is 48.1 Å². The summed E-state index contributed by atoms with van der Waals surface area (Å²) in [5.74, 6) is 0.969. The van der Waals surface area contributed by atoms with E-state index in [1.54, 1.807) is 0 Å². The molecule has 20 heavy (non-hydrogen) atoms. The van der Waals surface area contributed by atoms with Crippen molar-refractivity contribution in [3.8, 4) is 5.75 Å².